The van der Waals surface area contributed by atoms with Crippen LogP contribution in [0.5, 0.6) is 0 Å². The summed E-state index contributed by atoms with van der Waals surface area (Å²) >= 11 is 0. The second kappa shape index (κ2) is 7.43. The molecule has 0 aromatic carbocycles. The van der Waals surface area contributed by atoms with E-state index in [0.717, 1.165) is 5.56 Å². The Labute approximate surface area is 150 Å². The molecule has 7 heteroatoms. The lowest BCUT2D eigenvalue weighted by Crippen LogP contribution is -2.22. The van der Waals surface area contributed by atoms with Gasteiger partial charge in [-0.05, 0) is 25.0 Å². The first kappa shape index (κ1) is 17.7. The minimum absolute atomic E-state index is 0.000242. The standard InChI is InChI=1S/C19H20N4O3/c1-4-26-19(25)15-11-23(10-12(2)3)18-14(16(15)24)9-21-17(22-18)13-5-7-20-8-6-13/h5-9,11-12H,4,10H2,1-3H3. The average Bonchev–Trinajstić information content (AvgIpc) is 2.64. The van der Waals surface area contributed by atoms with Gasteiger partial charge in [0, 0.05) is 36.9 Å². The molecule has 0 saturated heterocycles. The van der Waals surface area contributed by atoms with Gasteiger partial charge in [0.25, 0.3) is 0 Å². The Hall–Kier alpha value is -3.09. The molecule has 0 spiro atoms. The molecule has 3 rings (SSSR count). The van der Waals surface area contributed by atoms with Crippen molar-refractivity contribution in [1.29, 1.82) is 0 Å². The van der Waals surface area contributed by atoms with Crippen LogP contribution >= 0.6 is 0 Å². The summed E-state index contributed by atoms with van der Waals surface area (Å²) in [7, 11) is 0. The number of rotatable bonds is 5. The molecule has 3 aromatic rings. The van der Waals surface area contributed by atoms with Crippen molar-refractivity contribution in [3.63, 3.8) is 0 Å². The molecule has 3 aromatic heterocycles. The van der Waals surface area contributed by atoms with E-state index in [9.17, 15) is 9.59 Å². The zero-order valence-electron chi connectivity index (χ0n) is 15.0. The highest BCUT2D eigenvalue weighted by molar-refractivity contribution is 5.93. The molecule has 0 fully saturated rings. The quantitative estimate of drug-likeness (QED) is 0.656. The molecule has 0 atom stereocenters. The van der Waals surface area contributed by atoms with Crippen LogP contribution in [0.4, 0.5) is 0 Å². The highest BCUT2D eigenvalue weighted by atomic mass is 16.5. The van der Waals surface area contributed by atoms with Gasteiger partial charge in [-0.1, -0.05) is 13.8 Å². The van der Waals surface area contributed by atoms with Crippen LogP contribution in [0.25, 0.3) is 22.4 Å². The molecule has 0 aliphatic carbocycles. The second-order valence-electron chi connectivity index (χ2n) is 6.31. The van der Waals surface area contributed by atoms with Gasteiger partial charge in [-0.15, -0.1) is 0 Å². The molecule has 0 unspecified atom stereocenters. The fourth-order valence-corrected chi connectivity index (χ4v) is 2.70. The van der Waals surface area contributed by atoms with E-state index in [-0.39, 0.29) is 12.2 Å². The Morgan fingerprint density at radius 3 is 2.65 bits per heavy atom. The smallest absolute Gasteiger partial charge is 0.343 e. The van der Waals surface area contributed by atoms with Crippen LogP contribution in [-0.2, 0) is 11.3 Å². The molecule has 0 aliphatic heterocycles. The first-order valence-electron chi connectivity index (χ1n) is 8.49. The summed E-state index contributed by atoms with van der Waals surface area (Å²) in [6.07, 6.45) is 6.33. The lowest BCUT2D eigenvalue weighted by Gasteiger charge is -2.14. The van der Waals surface area contributed by atoms with E-state index in [2.05, 4.69) is 28.8 Å². The van der Waals surface area contributed by atoms with E-state index in [1.165, 1.54) is 12.4 Å². The number of fused-ring (bicyclic) bond motifs is 1. The summed E-state index contributed by atoms with van der Waals surface area (Å²) in [6.45, 7) is 6.63. The predicted molar refractivity (Wildman–Crippen MR) is 97.8 cm³/mol. The Morgan fingerprint density at radius 2 is 2.00 bits per heavy atom. The monoisotopic (exact) mass is 352 g/mol. The van der Waals surface area contributed by atoms with Crippen LogP contribution < -0.4 is 5.43 Å². The maximum absolute atomic E-state index is 12.7. The summed E-state index contributed by atoms with van der Waals surface area (Å²) in [5.41, 5.74) is 0.887. The van der Waals surface area contributed by atoms with Crippen molar-refractivity contribution in [2.75, 3.05) is 6.61 Å². The predicted octanol–water partition coefficient (Wildman–Crippen LogP) is 2.69. The van der Waals surface area contributed by atoms with Crippen molar-refractivity contribution in [2.45, 2.75) is 27.3 Å². The zero-order valence-corrected chi connectivity index (χ0v) is 15.0. The van der Waals surface area contributed by atoms with Gasteiger partial charge >= 0.3 is 5.97 Å². The minimum Gasteiger partial charge on any atom is -0.462 e. The van der Waals surface area contributed by atoms with E-state index < -0.39 is 11.4 Å². The van der Waals surface area contributed by atoms with Gasteiger partial charge in [-0.2, -0.15) is 0 Å². The van der Waals surface area contributed by atoms with Crippen LogP contribution in [0.3, 0.4) is 0 Å². The molecule has 0 radical (unpaired) electrons. The van der Waals surface area contributed by atoms with Crippen LogP contribution in [0, 0.1) is 5.92 Å². The average molecular weight is 352 g/mol. The molecule has 26 heavy (non-hydrogen) atoms. The fourth-order valence-electron chi connectivity index (χ4n) is 2.70. The van der Waals surface area contributed by atoms with Crippen LogP contribution in [0.1, 0.15) is 31.1 Å². The third-order valence-electron chi connectivity index (χ3n) is 3.81. The molecule has 7 nitrogen and oxygen atoms in total. The number of aromatic nitrogens is 4. The molecule has 3 heterocycles. The van der Waals surface area contributed by atoms with Crippen LogP contribution in [0.2, 0.25) is 0 Å². The first-order valence-corrected chi connectivity index (χ1v) is 8.49. The summed E-state index contributed by atoms with van der Waals surface area (Å²) in [5.74, 6) is 0.172. The van der Waals surface area contributed by atoms with E-state index in [1.807, 2.05) is 4.57 Å². The van der Waals surface area contributed by atoms with E-state index in [4.69, 9.17) is 4.74 Å². The lowest BCUT2D eigenvalue weighted by molar-refractivity contribution is 0.0524. The third-order valence-corrected chi connectivity index (χ3v) is 3.81. The van der Waals surface area contributed by atoms with Gasteiger partial charge in [0.05, 0.1) is 12.0 Å². The molecular formula is C19H20N4O3. The normalized spacial score (nSPS) is 11.1. The molecule has 0 amide bonds. The first-order chi connectivity index (χ1) is 12.5. The van der Waals surface area contributed by atoms with Gasteiger partial charge < -0.3 is 9.30 Å². The van der Waals surface area contributed by atoms with Crippen LogP contribution in [-0.4, -0.2) is 32.1 Å². The third kappa shape index (κ3) is 3.46. The number of pyridine rings is 2. The molecule has 134 valence electrons. The van der Waals surface area contributed by atoms with Crippen molar-refractivity contribution in [1.82, 2.24) is 19.5 Å². The number of carbonyl (C=O) groups is 1. The summed E-state index contributed by atoms with van der Waals surface area (Å²) in [5, 5.41) is 0.300. The minimum atomic E-state index is -0.630. The summed E-state index contributed by atoms with van der Waals surface area (Å²) in [6, 6.07) is 3.61. The summed E-state index contributed by atoms with van der Waals surface area (Å²) < 4.78 is 6.83. The largest absolute Gasteiger partial charge is 0.462 e. The number of nitrogens with zero attached hydrogens (tertiary/aromatic N) is 4. The van der Waals surface area contributed by atoms with Crippen molar-refractivity contribution in [2.24, 2.45) is 5.92 Å². The summed E-state index contributed by atoms with van der Waals surface area (Å²) in [4.78, 5) is 37.7. The number of hydrogen-bond donors (Lipinski definition) is 0. The Morgan fingerprint density at radius 1 is 1.27 bits per heavy atom. The van der Waals surface area contributed by atoms with E-state index in [0.29, 0.717) is 29.3 Å². The molecule has 0 N–H and O–H groups in total. The molecule has 0 saturated carbocycles. The van der Waals surface area contributed by atoms with Crippen molar-refractivity contribution < 1.29 is 9.53 Å². The van der Waals surface area contributed by atoms with Crippen molar-refractivity contribution in [3.05, 3.63) is 52.7 Å². The van der Waals surface area contributed by atoms with Gasteiger partial charge in [-0.3, -0.25) is 9.78 Å². The van der Waals surface area contributed by atoms with Gasteiger partial charge in [-0.25, -0.2) is 14.8 Å². The fraction of sp³-hybridized carbons (Fsp3) is 0.316. The maximum atomic E-state index is 12.7. The van der Waals surface area contributed by atoms with Gasteiger partial charge in [0.1, 0.15) is 11.2 Å². The van der Waals surface area contributed by atoms with Gasteiger partial charge in [0.2, 0.25) is 5.43 Å². The van der Waals surface area contributed by atoms with Crippen molar-refractivity contribution in [3.8, 4) is 11.4 Å². The molecular weight excluding hydrogens is 332 g/mol. The maximum Gasteiger partial charge on any atom is 0.343 e. The van der Waals surface area contributed by atoms with E-state index >= 15 is 0 Å². The molecule has 0 aliphatic rings. The van der Waals surface area contributed by atoms with Gasteiger partial charge in [0.15, 0.2) is 5.82 Å². The van der Waals surface area contributed by atoms with Crippen LogP contribution in [0.15, 0.2) is 41.7 Å². The Balaban J connectivity index is 2.24. The topological polar surface area (TPSA) is 87.0 Å². The zero-order chi connectivity index (χ0) is 18.7. The number of hydrogen-bond acceptors (Lipinski definition) is 6. The second-order valence-corrected chi connectivity index (χ2v) is 6.31. The SMILES string of the molecule is CCOC(=O)c1cn(CC(C)C)c2nc(-c3ccncc3)ncc2c1=O. The number of ether oxygens (including phenoxy) is 1. The highest BCUT2D eigenvalue weighted by Crippen LogP contribution is 2.18. The Bertz CT molecular complexity index is 997. The number of carbonyl (C=O) groups excluding carboxylic acids is 1. The molecule has 0 bridgehead atoms. The number of esters is 1. The van der Waals surface area contributed by atoms with E-state index in [1.54, 1.807) is 31.5 Å². The van der Waals surface area contributed by atoms with Crippen molar-refractivity contribution >= 4 is 17.0 Å². The highest BCUT2D eigenvalue weighted by Gasteiger charge is 2.18. The lowest BCUT2D eigenvalue weighted by atomic mass is 10.1. The Kier molecular flexibility index (Phi) is 5.06.